The van der Waals surface area contributed by atoms with Crippen LogP contribution in [-0.2, 0) is 9.59 Å². The van der Waals surface area contributed by atoms with Crippen LogP contribution in [0.25, 0.3) is 0 Å². The Labute approximate surface area is 147 Å². The molecule has 2 unspecified atom stereocenters. The minimum Gasteiger partial charge on any atom is -0.326 e. The summed E-state index contributed by atoms with van der Waals surface area (Å²) in [7, 11) is 0. The van der Waals surface area contributed by atoms with Crippen LogP contribution in [0.4, 0.5) is 15.8 Å². The minimum absolute atomic E-state index is 0.153. The maximum atomic E-state index is 12.9. The third-order valence-corrected chi connectivity index (χ3v) is 4.52. The molecule has 2 atom stereocenters. The average Bonchev–Trinajstić information content (AvgIpc) is 3.33. The predicted octanol–water partition coefficient (Wildman–Crippen LogP) is 4.11. The van der Waals surface area contributed by atoms with Gasteiger partial charge in [0.25, 0.3) is 0 Å². The number of nitrogens with one attached hydrogen (secondary N) is 2. The van der Waals surface area contributed by atoms with Gasteiger partial charge in [0.1, 0.15) is 5.82 Å². The molecule has 2 amide bonds. The normalized spacial score (nSPS) is 18.8. The van der Waals surface area contributed by atoms with Gasteiger partial charge in [-0.15, -0.1) is 0 Å². The third kappa shape index (κ3) is 3.82. The van der Waals surface area contributed by atoms with E-state index in [1.165, 1.54) is 24.3 Å². The van der Waals surface area contributed by atoms with Crippen LogP contribution in [0.5, 0.6) is 0 Å². The molecule has 124 valence electrons. The van der Waals surface area contributed by atoms with Crippen molar-refractivity contribution in [3.05, 3.63) is 58.3 Å². The smallest absolute Gasteiger partial charge is 0.228 e. The van der Waals surface area contributed by atoms with E-state index in [0.29, 0.717) is 12.1 Å². The van der Waals surface area contributed by atoms with E-state index in [0.717, 1.165) is 15.7 Å². The van der Waals surface area contributed by atoms with E-state index in [4.69, 9.17) is 0 Å². The molecule has 0 heterocycles. The van der Waals surface area contributed by atoms with Gasteiger partial charge in [-0.05, 0) is 61.4 Å². The van der Waals surface area contributed by atoms with Crippen molar-refractivity contribution in [1.29, 1.82) is 0 Å². The lowest BCUT2D eigenvalue weighted by molar-refractivity contribution is -0.122. The van der Waals surface area contributed by atoms with E-state index in [2.05, 4.69) is 26.6 Å². The fraction of sp³-hybridized carbons (Fsp3) is 0.222. The molecule has 0 bridgehead atoms. The highest BCUT2D eigenvalue weighted by Crippen LogP contribution is 2.40. The Kier molecular flexibility index (Phi) is 4.66. The lowest BCUT2D eigenvalue weighted by Crippen LogP contribution is -2.20. The molecular formula is C18H16BrFN2O2. The van der Waals surface area contributed by atoms with Crippen molar-refractivity contribution < 1.29 is 14.0 Å². The fourth-order valence-corrected chi connectivity index (χ4v) is 3.01. The van der Waals surface area contributed by atoms with Crippen LogP contribution in [0.15, 0.2) is 46.9 Å². The molecule has 3 rings (SSSR count). The van der Waals surface area contributed by atoms with Crippen molar-refractivity contribution in [3.8, 4) is 0 Å². The summed E-state index contributed by atoms with van der Waals surface area (Å²) in [6, 6.07) is 11.2. The van der Waals surface area contributed by atoms with Crippen molar-refractivity contribution in [2.75, 3.05) is 10.6 Å². The van der Waals surface area contributed by atoms with Gasteiger partial charge in [0.15, 0.2) is 0 Å². The molecule has 0 radical (unpaired) electrons. The molecule has 1 fully saturated rings. The number of carbonyl (C=O) groups is 2. The number of amides is 2. The van der Waals surface area contributed by atoms with E-state index in [1.807, 2.05) is 25.1 Å². The molecule has 1 aliphatic carbocycles. The number of rotatable bonds is 4. The third-order valence-electron chi connectivity index (χ3n) is 4.02. The van der Waals surface area contributed by atoms with E-state index in [-0.39, 0.29) is 29.5 Å². The standard InChI is InChI=1S/C18H16BrFN2O2/c1-10-8-11(19)2-7-16(10)22-18(24)15-9-14(15)17(23)21-13-5-3-12(20)4-6-13/h2-8,14-15H,9H2,1H3,(H,21,23)(H,22,24). The highest BCUT2D eigenvalue weighted by molar-refractivity contribution is 9.10. The number of aryl methyl sites for hydroxylation is 1. The second kappa shape index (κ2) is 6.73. The van der Waals surface area contributed by atoms with Gasteiger partial charge >= 0.3 is 0 Å². The topological polar surface area (TPSA) is 58.2 Å². The number of benzene rings is 2. The van der Waals surface area contributed by atoms with Gasteiger partial charge in [-0.1, -0.05) is 15.9 Å². The Morgan fingerprint density at radius 1 is 1.04 bits per heavy atom. The summed E-state index contributed by atoms with van der Waals surface area (Å²) in [5.41, 5.74) is 2.22. The van der Waals surface area contributed by atoms with Gasteiger partial charge in [-0.3, -0.25) is 9.59 Å². The highest BCUT2D eigenvalue weighted by Gasteiger charge is 2.48. The maximum absolute atomic E-state index is 12.9. The molecule has 4 nitrogen and oxygen atoms in total. The molecule has 0 spiro atoms. The van der Waals surface area contributed by atoms with Gasteiger partial charge in [-0.25, -0.2) is 4.39 Å². The van der Waals surface area contributed by atoms with E-state index >= 15 is 0 Å². The summed E-state index contributed by atoms with van der Waals surface area (Å²) in [5.74, 6) is -1.39. The molecule has 0 aliphatic heterocycles. The first kappa shape index (κ1) is 16.6. The summed E-state index contributed by atoms with van der Waals surface area (Å²) in [6.45, 7) is 1.91. The number of hydrogen-bond donors (Lipinski definition) is 2. The van der Waals surface area contributed by atoms with Crippen LogP contribution in [0, 0.1) is 24.6 Å². The molecule has 1 saturated carbocycles. The van der Waals surface area contributed by atoms with Crippen LogP contribution < -0.4 is 10.6 Å². The number of hydrogen-bond acceptors (Lipinski definition) is 2. The van der Waals surface area contributed by atoms with Crippen molar-refractivity contribution in [2.45, 2.75) is 13.3 Å². The van der Waals surface area contributed by atoms with Crippen LogP contribution in [0.2, 0.25) is 0 Å². The summed E-state index contributed by atoms with van der Waals surface area (Å²) in [6.07, 6.45) is 0.522. The zero-order valence-corrected chi connectivity index (χ0v) is 14.6. The van der Waals surface area contributed by atoms with E-state index in [1.54, 1.807) is 0 Å². The summed E-state index contributed by atoms with van der Waals surface area (Å²) in [4.78, 5) is 24.4. The summed E-state index contributed by atoms with van der Waals surface area (Å²) >= 11 is 3.38. The SMILES string of the molecule is Cc1cc(Br)ccc1NC(=O)C1CC1C(=O)Nc1ccc(F)cc1. The van der Waals surface area contributed by atoms with Crippen molar-refractivity contribution >= 4 is 39.1 Å². The Morgan fingerprint density at radius 2 is 1.67 bits per heavy atom. The van der Waals surface area contributed by atoms with Gasteiger partial charge in [0.05, 0.1) is 11.8 Å². The zero-order chi connectivity index (χ0) is 17.3. The maximum Gasteiger partial charge on any atom is 0.228 e. The van der Waals surface area contributed by atoms with Crippen molar-refractivity contribution in [1.82, 2.24) is 0 Å². The van der Waals surface area contributed by atoms with E-state index in [9.17, 15) is 14.0 Å². The average molecular weight is 391 g/mol. The van der Waals surface area contributed by atoms with Crippen LogP contribution in [0.3, 0.4) is 0 Å². The minimum atomic E-state index is -0.360. The van der Waals surface area contributed by atoms with Crippen LogP contribution >= 0.6 is 15.9 Å². The first-order chi connectivity index (χ1) is 11.4. The molecule has 1 aliphatic rings. The number of halogens is 2. The lowest BCUT2D eigenvalue weighted by Gasteiger charge is -2.09. The Bertz CT molecular complexity index is 792. The second-order valence-corrected chi connectivity index (χ2v) is 6.81. The lowest BCUT2D eigenvalue weighted by atomic mass is 10.2. The molecule has 0 aromatic heterocycles. The van der Waals surface area contributed by atoms with Crippen molar-refractivity contribution in [2.24, 2.45) is 11.8 Å². The molecule has 6 heteroatoms. The molecule has 24 heavy (non-hydrogen) atoms. The molecule has 2 aromatic carbocycles. The zero-order valence-electron chi connectivity index (χ0n) is 13.0. The highest BCUT2D eigenvalue weighted by atomic mass is 79.9. The van der Waals surface area contributed by atoms with E-state index < -0.39 is 0 Å². The van der Waals surface area contributed by atoms with Crippen LogP contribution in [-0.4, -0.2) is 11.8 Å². The van der Waals surface area contributed by atoms with Gasteiger partial charge in [0.2, 0.25) is 11.8 Å². The van der Waals surface area contributed by atoms with Gasteiger partial charge in [-0.2, -0.15) is 0 Å². The summed E-state index contributed by atoms with van der Waals surface area (Å²) in [5, 5.41) is 5.57. The first-order valence-electron chi connectivity index (χ1n) is 7.57. The Morgan fingerprint density at radius 3 is 2.29 bits per heavy atom. The molecule has 2 N–H and O–H groups in total. The second-order valence-electron chi connectivity index (χ2n) is 5.89. The largest absolute Gasteiger partial charge is 0.326 e. The Balaban J connectivity index is 1.57. The van der Waals surface area contributed by atoms with Crippen molar-refractivity contribution in [3.63, 3.8) is 0 Å². The number of carbonyl (C=O) groups excluding carboxylic acids is 2. The fourth-order valence-electron chi connectivity index (χ4n) is 2.54. The van der Waals surface area contributed by atoms with Crippen LogP contribution in [0.1, 0.15) is 12.0 Å². The Hall–Kier alpha value is -2.21. The molecule has 0 saturated heterocycles. The van der Waals surface area contributed by atoms with Gasteiger partial charge < -0.3 is 10.6 Å². The monoisotopic (exact) mass is 390 g/mol. The summed E-state index contributed by atoms with van der Waals surface area (Å²) < 4.78 is 13.8. The molecular weight excluding hydrogens is 375 g/mol. The first-order valence-corrected chi connectivity index (χ1v) is 8.37. The number of anilines is 2. The predicted molar refractivity (Wildman–Crippen MR) is 94.1 cm³/mol. The molecule has 2 aromatic rings. The van der Waals surface area contributed by atoms with Gasteiger partial charge in [0, 0.05) is 15.8 Å². The quantitative estimate of drug-likeness (QED) is 0.824.